The van der Waals surface area contributed by atoms with Crippen molar-refractivity contribution in [1.82, 2.24) is 15.2 Å². The summed E-state index contributed by atoms with van der Waals surface area (Å²) >= 11 is 0. The van der Waals surface area contributed by atoms with E-state index in [1.54, 1.807) is 18.3 Å². The molecular weight excluding hydrogens is 434 g/mol. The second-order valence-corrected chi connectivity index (χ2v) is 9.68. The van der Waals surface area contributed by atoms with E-state index < -0.39 is 11.0 Å². The highest BCUT2D eigenvalue weighted by molar-refractivity contribution is 7.86. The van der Waals surface area contributed by atoms with Gasteiger partial charge in [0.25, 0.3) is 0 Å². The Morgan fingerprint density at radius 3 is 2.64 bits per heavy atom. The van der Waals surface area contributed by atoms with Crippen molar-refractivity contribution in [2.45, 2.75) is 43.1 Å². The maximum atomic E-state index is 12.9. The van der Waals surface area contributed by atoms with Crippen LogP contribution in [0.5, 0.6) is 5.75 Å². The number of pyridine rings is 1. The molecule has 5 rings (SSSR count). The predicted octanol–water partition coefficient (Wildman–Crippen LogP) is 5.10. The quantitative estimate of drug-likeness (QED) is 0.402. The average molecular weight is 458 g/mol. The molecule has 0 bridgehead atoms. The Labute approximate surface area is 194 Å². The van der Waals surface area contributed by atoms with E-state index in [4.69, 9.17) is 4.74 Å². The Kier molecular flexibility index (Phi) is 5.35. The predicted molar refractivity (Wildman–Crippen MR) is 128 cm³/mol. The molecule has 1 aliphatic carbocycles. The topological polar surface area (TPSA) is 104 Å². The number of ether oxygens (including phenoxy) is 1. The number of nitrogens with one attached hydrogen (secondary N) is 2. The molecule has 2 N–H and O–H groups in total. The van der Waals surface area contributed by atoms with Crippen LogP contribution in [0.3, 0.4) is 0 Å². The minimum atomic E-state index is -1.49. The highest BCUT2D eigenvalue weighted by atomic mass is 32.2. The van der Waals surface area contributed by atoms with Crippen molar-refractivity contribution in [3.8, 4) is 23.1 Å². The molecule has 1 fully saturated rings. The Hall–Kier alpha value is -3.70. The molecule has 0 amide bonds. The number of anilines is 1. The summed E-state index contributed by atoms with van der Waals surface area (Å²) in [5, 5.41) is 17.8. The zero-order valence-electron chi connectivity index (χ0n) is 18.3. The fourth-order valence-corrected chi connectivity index (χ4v) is 4.64. The summed E-state index contributed by atoms with van der Waals surface area (Å²) in [4.78, 5) is 4.95. The maximum absolute atomic E-state index is 12.9. The zero-order valence-corrected chi connectivity index (χ0v) is 19.1. The van der Waals surface area contributed by atoms with E-state index in [-0.39, 0.29) is 11.5 Å². The fourth-order valence-electron chi connectivity index (χ4n) is 3.83. The minimum absolute atomic E-state index is 0.0771. The lowest BCUT2D eigenvalue weighted by Crippen LogP contribution is -2.07. The third-order valence-corrected chi connectivity index (χ3v) is 6.82. The lowest BCUT2D eigenvalue weighted by atomic mass is 9.98. The largest absolute Gasteiger partial charge is 0.491 e. The van der Waals surface area contributed by atoms with Crippen LogP contribution in [0.15, 0.2) is 65.7 Å². The number of benzene rings is 2. The molecule has 1 unspecified atom stereocenters. The van der Waals surface area contributed by atoms with Gasteiger partial charge in [-0.3, -0.25) is 9.82 Å². The van der Waals surface area contributed by atoms with Crippen LogP contribution < -0.4 is 9.46 Å². The van der Waals surface area contributed by atoms with Crippen LogP contribution in [0.2, 0.25) is 0 Å². The van der Waals surface area contributed by atoms with Crippen molar-refractivity contribution < 1.29 is 8.95 Å². The van der Waals surface area contributed by atoms with Gasteiger partial charge in [0.2, 0.25) is 0 Å². The van der Waals surface area contributed by atoms with Gasteiger partial charge in [0.15, 0.2) is 11.0 Å². The monoisotopic (exact) mass is 457 g/mol. The number of aromatic nitrogens is 3. The average Bonchev–Trinajstić information content (AvgIpc) is 3.51. The summed E-state index contributed by atoms with van der Waals surface area (Å²) in [5.41, 5.74) is 3.15. The van der Waals surface area contributed by atoms with E-state index in [1.807, 2.05) is 56.3 Å². The van der Waals surface area contributed by atoms with Gasteiger partial charge in [-0.1, -0.05) is 12.1 Å². The van der Waals surface area contributed by atoms with Gasteiger partial charge in [-0.15, -0.1) is 0 Å². The van der Waals surface area contributed by atoms with Crippen LogP contribution in [0.25, 0.3) is 22.2 Å². The van der Waals surface area contributed by atoms with Gasteiger partial charge in [-0.25, -0.2) is 9.19 Å². The Morgan fingerprint density at radius 1 is 1.15 bits per heavy atom. The van der Waals surface area contributed by atoms with Crippen molar-refractivity contribution in [1.29, 1.82) is 5.26 Å². The van der Waals surface area contributed by atoms with Crippen molar-refractivity contribution in [3.05, 3.63) is 66.4 Å². The van der Waals surface area contributed by atoms with Gasteiger partial charge in [0, 0.05) is 17.1 Å². The molecule has 0 spiro atoms. The molecule has 1 atom stereocenters. The van der Waals surface area contributed by atoms with Gasteiger partial charge in [0.05, 0.1) is 28.0 Å². The van der Waals surface area contributed by atoms with Gasteiger partial charge in [-0.2, -0.15) is 10.4 Å². The fraction of sp³-hybridized carbons (Fsp3) is 0.240. The Morgan fingerprint density at radius 2 is 1.94 bits per heavy atom. The lowest BCUT2D eigenvalue weighted by molar-refractivity contribution is 0.243. The molecule has 2 heterocycles. The molecule has 1 aliphatic rings. The molecule has 2 aromatic carbocycles. The zero-order chi connectivity index (χ0) is 23.0. The standard InChI is InChI=1S/C25H23N5O2S/c1-16(2)32-19-5-8-22-21(14-19)24(29-28-22)17-9-12-27-23(13-17)30-33(31)20-6-3-18(4-7-20)25(15-26)10-11-25/h3-9,12-14,16H,10-11H2,1-2H3,(H,27,30)(H,28,29). The Balaban J connectivity index is 1.37. The van der Waals surface area contributed by atoms with Crippen LogP contribution in [0.4, 0.5) is 5.82 Å². The number of hydrogen-bond acceptors (Lipinski definition) is 5. The van der Waals surface area contributed by atoms with Crippen molar-refractivity contribution >= 4 is 27.7 Å². The van der Waals surface area contributed by atoms with Crippen LogP contribution >= 0.6 is 0 Å². The van der Waals surface area contributed by atoms with E-state index >= 15 is 0 Å². The summed E-state index contributed by atoms with van der Waals surface area (Å²) in [6.45, 7) is 3.98. The first-order chi connectivity index (χ1) is 16.0. The summed E-state index contributed by atoms with van der Waals surface area (Å²) in [6.07, 6.45) is 3.51. The number of H-pyrrole nitrogens is 1. The summed E-state index contributed by atoms with van der Waals surface area (Å²) in [5.74, 6) is 1.26. The van der Waals surface area contributed by atoms with E-state index in [9.17, 15) is 9.47 Å². The molecule has 0 saturated heterocycles. The second-order valence-electron chi connectivity index (χ2n) is 8.47. The molecule has 1 saturated carbocycles. The van der Waals surface area contributed by atoms with E-state index in [0.717, 1.165) is 46.3 Å². The number of nitrogens with zero attached hydrogens (tertiary/aromatic N) is 3. The molecular formula is C25H23N5O2S. The van der Waals surface area contributed by atoms with Crippen molar-refractivity contribution in [3.63, 3.8) is 0 Å². The van der Waals surface area contributed by atoms with Crippen LogP contribution in [-0.4, -0.2) is 25.5 Å². The van der Waals surface area contributed by atoms with Gasteiger partial charge in [0.1, 0.15) is 17.3 Å². The minimum Gasteiger partial charge on any atom is -0.491 e. The molecule has 0 aliphatic heterocycles. The summed E-state index contributed by atoms with van der Waals surface area (Å²) < 4.78 is 21.7. The molecule has 7 nitrogen and oxygen atoms in total. The highest BCUT2D eigenvalue weighted by Crippen LogP contribution is 2.47. The molecule has 0 radical (unpaired) electrons. The SMILES string of the molecule is CC(C)Oc1ccc2[nH]nc(-c3ccnc(NS(=O)c4ccc(C5(C#N)CC5)cc4)c3)c2c1. The normalized spacial score (nSPS) is 15.2. The van der Waals surface area contributed by atoms with Crippen LogP contribution in [-0.2, 0) is 16.4 Å². The first kappa shape index (κ1) is 21.2. The molecule has 33 heavy (non-hydrogen) atoms. The maximum Gasteiger partial charge on any atom is 0.151 e. The smallest absolute Gasteiger partial charge is 0.151 e. The molecule has 4 aromatic rings. The van der Waals surface area contributed by atoms with Crippen LogP contribution in [0, 0.1) is 11.3 Å². The van der Waals surface area contributed by atoms with Crippen LogP contribution in [0.1, 0.15) is 32.3 Å². The third kappa shape index (κ3) is 4.20. The molecule has 166 valence electrons. The van der Waals surface area contributed by atoms with E-state index in [0.29, 0.717) is 10.7 Å². The summed E-state index contributed by atoms with van der Waals surface area (Å²) in [7, 11) is -1.49. The van der Waals surface area contributed by atoms with E-state index in [1.165, 1.54) is 0 Å². The third-order valence-electron chi connectivity index (χ3n) is 5.72. The van der Waals surface area contributed by atoms with Gasteiger partial charge >= 0.3 is 0 Å². The lowest BCUT2D eigenvalue weighted by Gasteiger charge is -2.10. The molecule has 8 heteroatoms. The first-order valence-electron chi connectivity index (χ1n) is 10.8. The van der Waals surface area contributed by atoms with Crippen molar-refractivity contribution in [2.75, 3.05) is 4.72 Å². The number of hydrogen-bond donors (Lipinski definition) is 2. The highest BCUT2D eigenvalue weighted by Gasteiger charge is 2.44. The first-order valence-corrected chi connectivity index (χ1v) is 11.9. The number of fused-ring (bicyclic) bond motifs is 1. The summed E-state index contributed by atoms with van der Waals surface area (Å²) in [6, 6.07) is 19.3. The van der Waals surface area contributed by atoms with Gasteiger partial charge < -0.3 is 4.74 Å². The number of nitriles is 1. The van der Waals surface area contributed by atoms with Gasteiger partial charge in [-0.05, 0) is 74.7 Å². The number of aromatic amines is 1. The van der Waals surface area contributed by atoms with Crippen molar-refractivity contribution in [2.24, 2.45) is 0 Å². The van der Waals surface area contributed by atoms with E-state index in [2.05, 4.69) is 26.0 Å². The Bertz CT molecular complexity index is 1380. The number of rotatable bonds is 7. The second kappa shape index (κ2) is 8.34. The molecule has 2 aromatic heterocycles.